The van der Waals surface area contributed by atoms with Gasteiger partial charge in [0, 0.05) is 69.5 Å². The van der Waals surface area contributed by atoms with E-state index in [4.69, 9.17) is 49.1 Å². The van der Waals surface area contributed by atoms with Gasteiger partial charge in [0.05, 0.1) is 43.1 Å². The number of thiazole rings is 5. The molecule has 8 aromatic rings. The first-order valence-electron chi connectivity index (χ1n) is 33.7. The van der Waals surface area contributed by atoms with Crippen molar-refractivity contribution in [2.24, 2.45) is 5.73 Å². The Hall–Kier alpha value is -9.36. The highest BCUT2D eigenvalue weighted by Crippen LogP contribution is 2.43. The van der Waals surface area contributed by atoms with Gasteiger partial charge in [-0.3, -0.25) is 28.8 Å². The zero-order valence-electron chi connectivity index (χ0n) is 59.4. The highest BCUT2D eigenvalue weighted by Gasteiger charge is 2.50. The van der Waals surface area contributed by atoms with E-state index < -0.39 is 145 Å². The summed E-state index contributed by atoms with van der Waals surface area (Å²) in [7, 11) is 6.65. The van der Waals surface area contributed by atoms with Crippen LogP contribution in [0.15, 0.2) is 56.9 Å². The summed E-state index contributed by atoms with van der Waals surface area (Å²) in [5.41, 5.74) is 3.08. The van der Waals surface area contributed by atoms with Gasteiger partial charge in [-0.15, -0.1) is 56.7 Å². The molecule has 11 heterocycles. The molecule has 12 rings (SSSR count). The molecule has 0 saturated carbocycles. The summed E-state index contributed by atoms with van der Waals surface area (Å²) in [4.78, 5) is 151. The van der Waals surface area contributed by atoms with Gasteiger partial charge in [-0.2, -0.15) is 4.73 Å². The molecule has 4 aliphatic heterocycles. The van der Waals surface area contributed by atoms with Crippen LogP contribution in [0.5, 0.6) is 5.75 Å². The number of carbonyl (C=O) groups is 8. The van der Waals surface area contributed by atoms with Crippen molar-refractivity contribution in [3.63, 3.8) is 0 Å². The van der Waals surface area contributed by atoms with E-state index in [9.17, 15) is 39.7 Å². The number of nitrogens with two attached hydrogens (primary N) is 1. The zero-order valence-corrected chi connectivity index (χ0v) is 63.5. The van der Waals surface area contributed by atoms with Crippen LogP contribution in [0, 0.1) is 0 Å². The summed E-state index contributed by atoms with van der Waals surface area (Å²) in [6, 6.07) is -0.455. The zero-order chi connectivity index (χ0) is 76.6. The Morgan fingerprint density at radius 1 is 0.832 bits per heavy atom. The van der Waals surface area contributed by atoms with Crippen LogP contribution in [0.3, 0.4) is 0 Å². The molecule has 0 aliphatic carbocycles. The van der Waals surface area contributed by atoms with E-state index in [0.717, 1.165) is 69.8 Å². The molecular weight excluding hydrogens is 1490 g/mol. The Balaban J connectivity index is 1.00. The molecule has 568 valence electrons. The molecule has 11 atom stereocenters. The number of pyridine rings is 1. The number of hydrogen-bond donors (Lipinski definition) is 10. The van der Waals surface area contributed by atoms with Gasteiger partial charge in [0.15, 0.2) is 18.1 Å². The number of rotatable bonds is 16. The summed E-state index contributed by atoms with van der Waals surface area (Å²) in [6.45, 7) is 11.4. The molecule has 1 saturated heterocycles. The molecule has 107 heavy (non-hydrogen) atoms. The lowest BCUT2D eigenvalue weighted by Gasteiger charge is -2.48. The molecule has 34 nitrogen and oxygen atoms in total. The van der Waals surface area contributed by atoms with Crippen LogP contribution in [-0.2, 0) is 56.0 Å². The number of nitrogens with one attached hydrogen (secondary N) is 5. The van der Waals surface area contributed by atoms with Crippen molar-refractivity contribution >= 4 is 121 Å². The number of cyclic esters (lactones) is 2. The van der Waals surface area contributed by atoms with Crippen molar-refractivity contribution in [1.82, 2.24) is 75.9 Å². The van der Waals surface area contributed by atoms with Crippen LogP contribution < -0.4 is 32.3 Å². The number of hydrogen-bond acceptors (Lipinski definition) is 32. The molecule has 12 bridgehead atoms. The summed E-state index contributed by atoms with van der Waals surface area (Å²) in [5, 5.41) is 68.5. The highest BCUT2D eigenvalue weighted by atomic mass is 32.1. The molecule has 11 N–H and O–H groups in total. The number of aromatic nitrogens is 7. The summed E-state index contributed by atoms with van der Waals surface area (Å²) in [6.07, 6.45) is -7.57. The number of aliphatic hydroxyl groups excluding tert-OH is 1. The fourth-order valence-corrected chi connectivity index (χ4v) is 17.3. The molecule has 1 aromatic carbocycles. The van der Waals surface area contributed by atoms with Crippen molar-refractivity contribution < 1.29 is 87.3 Å². The average molecular weight is 1570 g/mol. The molecule has 0 spiro atoms. The lowest BCUT2D eigenvalue weighted by atomic mass is 9.85. The molecule has 4 aliphatic rings. The van der Waals surface area contributed by atoms with Crippen LogP contribution in [0.25, 0.3) is 49.3 Å². The number of primary amides is 1. The minimum atomic E-state index is -1.92. The van der Waals surface area contributed by atoms with E-state index in [1.807, 2.05) is 18.7 Å². The van der Waals surface area contributed by atoms with Gasteiger partial charge in [-0.05, 0) is 79.6 Å². The number of methoxy groups -OCH3 is 1. The molecule has 6 amide bonds. The van der Waals surface area contributed by atoms with Gasteiger partial charge in [0.25, 0.3) is 23.6 Å². The quantitative estimate of drug-likeness (QED) is 0.0371. The third-order valence-corrected chi connectivity index (χ3v) is 23.1. The molecule has 7 aromatic heterocycles. The average Bonchev–Trinajstić information content (AvgIpc) is 1.62. The van der Waals surface area contributed by atoms with Crippen molar-refractivity contribution in [1.29, 1.82) is 0 Å². The van der Waals surface area contributed by atoms with Crippen LogP contribution in [0.1, 0.15) is 139 Å². The van der Waals surface area contributed by atoms with E-state index in [-0.39, 0.29) is 111 Å². The SMILES string of the molecule is CCN(CC)CCN(C)CC(NC(=O)c1csc(-c2nc3c(cc2O)-c2nc(cs2)C(=O)NC(C(C)O)C(=O)N/C(=C(\C)OC)c2nc(cs2)C(=O)NC2c4nc(cs4)C(=O)NC(COC(=O)c4c5c6c(cccc6n4O)COC(=O)C(O[C@H]4C[C@](C)(O)[C@H](N(C)C)[C@H](C)O4)C2OC5)c2nc-3cs2)n1)C(N)=O. The van der Waals surface area contributed by atoms with Crippen molar-refractivity contribution in [3.8, 4) is 38.4 Å². The highest BCUT2D eigenvalue weighted by molar-refractivity contribution is 7.14. The first kappa shape index (κ1) is 77.3. The van der Waals surface area contributed by atoms with Crippen LogP contribution in [-0.4, -0.2) is 239 Å². The van der Waals surface area contributed by atoms with E-state index in [2.05, 4.69) is 46.4 Å². The third-order valence-electron chi connectivity index (χ3n) is 18.6. The number of aliphatic hydroxyl groups is 2. The van der Waals surface area contributed by atoms with Gasteiger partial charge < -0.3 is 96.0 Å². The second kappa shape index (κ2) is 32.2. The fraction of sp³-hybridized carbons (Fsp3) is 0.441. The number of ether oxygens (including phenoxy) is 6. The molecule has 0 radical (unpaired) electrons. The molecule has 1 fully saturated rings. The van der Waals surface area contributed by atoms with Crippen molar-refractivity contribution in [2.45, 2.75) is 128 Å². The molecule has 39 heteroatoms. The molecular formula is C68H78N16O18S5. The van der Waals surface area contributed by atoms with Gasteiger partial charge >= 0.3 is 11.9 Å². The largest absolute Gasteiger partial charge is 0.506 e. The number of aromatic hydroxyl groups is 1. The van der Waals surface area contributed by atoms with Crippen LogP contribution >= 0.6 is 56.7 Å². The second-order valence-electron chi connectivity index (χ2n) is 26.2. The number of allylic oxidation sites excluding steroid dienone is 1. The van der Waals surface area contributed by atoms with E-state index in [1.54, 1.807) is 52.0 Å². The second-order valence-corrected chi connectivity index (χ2v) is 30.6. The maximum atomic E-state index is 15.2. The van der Waals surface area contributed by atoms with Gasteiger partial charge in [0.1, 0.15) is 126 Å². The van der Waals surface area contributed by atoms with E-state index >= 15 is 19.2 Å². The number of esters is 2. The van der Waals surface area contributed by atoms with Crippen molar-refractivity contribution in [3.05, 3.63) is 112 Å². The minimum absolute atomic E-state index is 0.0123. The van der Waals surface area contributed by atoms with E-state index in [1.165, 1.54) is 60.0 Å². The standard InChI is InChI=1S/C68H78N16O18S5/c1-11-83(12-2)17-16-82(9)20-35(55(69)87)70-56(88)38-26-106-64(75-38)49-43(86)18-33-48(77-49)37-24-104-62(72-37)36-23-100-66(93)51-34-22-98-52(53(102-44-19-68(6,95)54(81(7)8)31(5)101-44)67(94)99-21-32-14-13-15-42(45(32)34)84(51)96)50(65-76-39(27-107-65)57(89)71-36)80-59(91)41-28-105-63(74-41)47(30(4)97-10)79-60(92)46(29(3)85)78-58(90)40-25-103-61(33)73-40/h13-15,18,24-29,31,35-36,44,46,50,52-54,85-86,95-96H,11-12,16-17,19-23H2,1-10H3,(H2,69,87)(H,70,88)(H,71,89)(H,78,90)(H,79,92)(H,80,91)/b47-30+/t29?,31-,35?,36?,44-,46?,50?,52?,53?,54+,68-/m0/s1. The number of benzene rings is 1. The lowest BCUT2D eigenvalue weighted by molar-refractivity contribution is -0.280. The number of nitrogens with zero attached hydrogens (tertiary/aromatic N) is 10. The minimum Gasteiger partial charge on any atom is -0.506 e. The van der Waals surface area contributed by atoms with Gasteiger partial charge in [0.2, 0.25) is 11.8 Å². The molecule has 7 unspecified atom stereocenters. The predicted octanol–water partition coefficient (Wildman–Crippen LogP) is 4.02. The predicted molar refractivity (Wildman–Crippen MR) is 390 cm³/mol. The number of likely N-dealkylation sites (N-methyl/N-ethyl adjacent to an activating group) is 3. The van der Waals surface area contributed by atoms with E-state index in [0.29, 0.717) is 23.4 Å². The monoisotopic (exact) mass is 1570 g/mol. The third kappa shape index (κ3) is 16.3. The van der Waals surface area contributed by atoms with Gasteiger partial charge in [-0.25, -0.2) is 39.5 Å². The van der Waals surface area contributed by atoms with Gasteiger partial charge in [-0.1, -0.05) is 26.0 Å². The Bertz CT molecular complexity index is 4770. The first-order valence-corrected chi connectivity index (χ1v) is 38.1. The normalized spacial score (nSPS) is 23.5. The lowest BCUT2D eigenvalue weighted by Crippen LogP contribution is -2.62. The number of carbonyl (C=O) groups excluding carboxylic acids is 8. The fourth-order valence-electron chi connectivity index (χ4n) is 13.2. The first-order chi connectivity index (χ1) is 51.0. The number of fused-ring (bicyclic) bond motifs is 15. The smallest absolute Gasteiger partial charge is 0.358 e. The Morgan fingerprint density at radius 3 is 2.20 bits per heavy atom. The Kier molecular flexibility index (Phi) is 23.3. The maximum absolute atomic E-state index is 15.2. The number of amides is 6. The van der Waals surface area contributed by atoms with Crippen molar-refractivity contribution in [2.75, 3.05) is 67.6 Å². The van der Waals surface area contributed by atoms with Crippen LogP contribution in [0.2, 0.25) is 0 Å². The topological polar surface area (TPSA) is 451 Å². The Labute approximate surface area is 631 Å². The Morgan fingerprint density at radius 2 is 1.50 bits per heavy atom. The van der Waals surface area contributed by atoms with Crippen LogP contribution in [0.4, 0.5) is 0 Å². The summed E-state index contributed by atoms with van der Waals surface area (Å²) >= 11 is 4.54. The maximum Gasteiger partial charge on any atom is 0.358 e. The summed E-state index contributed by atoms with van der Waals surface area (Å²) < 4.78 is 38.4. The summed E-state index contributed by atoms with van der Waals surface area (Å²) in [5.74, 6) is -7.91.